The summed E-state index contributed by atoms with van der Waals surface area (Å²) in [7, 11) is 0. The number of nitrogens with one attached hydrogen (secondary N) is 1. The molecule has 1 aromatic rings. The molecule has 1 aliphatic rings. The number of aromatic nitrogens is 3. The second kappa shape index (κ2) is 8.29. The Morgan fingerprint density at radius 2 is 2.12 bits per heavy atom. The van der Waals surface area contributed by atoms with Gasteiger partial charge in [0.25, 0.3) is 0 Å². The topological polar surface area (TPSA) is 68.9 Å². The van der Waals surface area contributed by atoms with Crippen LogP contribution >= 0.6 is 11.8 Å². The van der Waals surface area contributed by atoms with Gasteiger partial charge in [0.1, 0.15) is 5.82 Å². The number of amides is 1. The van der Waals surface area contributed by atoms with Gasteiger partial charge in [-0.2, -0.15) is 18.3 Å². The number of aryl methyl sites for hydroxylation is 2. The van der Waals surface area contributed by atoms with Gasteiger partial charge in [0.15, 0.2) is 0 Å². The van der Waals surface area contributed by atoms with Gasteiger partial charge >= 0.3 is 11.2 Å². The monoisotopic (exact) mass is 380 g/mol. The van der Waals surface area contributed by atoms with Crippen molar-refractivity contribution < 1.29 is 18.0 Å². The molecule has 1 aromatic heterocycles. The van der Waals surface area contributed by atoms with E-state index in [1.54, 1.807) is 4.57 Å². The van der Waals surface area contributed by atoms with Crippen LogP contribution in [0.3, 0.4) is 0 Å². The van der Waals surface area contributed by atoms with E-state index in [1.165, 1.54) is 4.68 Å². The molecule has 1 N–H and O–H groups in total. The van der Waals surface area contributed by atoms with E-state index in [1.807, 2.05) is 0 Å². The molecule has 1 amide bonds. The summed E-state index contributed by atoms with van der Waals surface area (Å²) in [5.41, 5.74) is -4.57. The highest BCUT2D eigenvalue weighted by atomic mass is 32.2. The highest BCUT2D eigenvalue weighted by Crippen LogP contribution is 2.29. The van der Waals surface area contributed by atoms with Gasteiger partial charge in [0, 0.05) is 25.6 Å². The highest BCUT2D eigenvalue weighted by Gasteiger charge is 2.30. The lowest BCUT2D eigenvalue weighted by molar-refractivity contribution is -0.119. The molecule has 25 heavy (non-hydrogen) atoms. The van der Waals surface area contributed by atoms with E-state index >= 15 is 0 Å². The van der Waals surface area contributed by atoms with Crippen molar-refractivity contribution in [3.63, 3.8) is 0 Å². The number of nitrogens with zero attached hydrogens (tertiary/aromatic N) is 3. The minimum absolute atomic E-state index is 0.157. The van der Waals surface area contributed by atoms with Crippen LogP contribution in [0.1, 0.15) is 38.9 Å². The first kappa shape index (κ1) is 19.9. The molecule has 0 saturated carbocycles. The molecule has 0 saturated heterocycles. The molecule has 6 nitrogen and oxygen atoms in total. The molecule has 0 aliphatic carbocycles. The minimum atomic E-state index is -4.41. The molecule has 0 aromatic carbocycles. The van der Waals surface area contributed by atoms with Crippen molar-refractivity contribution in [1.29, 1.82) is 0 Å². The summed E-state index contributed by atoms with van der Waals surface area (Å²) in [5.74, 6) is -0.133. The van der Waals surface area contributed by atoms with Gasteiger partial charge < -0.3 is 5.32 Å². The maximum absolute atomic E-state index is 12.4. The van der Waals surface area contributed by atoms with E-state index < -0.39 is 17.2 Å². The minimum Gasteiger partial charge on any atom is -0.353 e. The summed E-state index contributed by atoms with van der Waals surface area (Å²) in [6.07, 6.45) is 2.45. The Labute approximate surface area is 148 Å². The van der Waals surface area contributed by atoms with Crippen molar-refractivity contribution in [2.24, 2.45) is 5.92 Å². The van der Waals surface area contributed by atoms with Crippen molar-refractivity contribution in [2.75, 3.05) is 5.75 Å². The summed E-state index contributed by atoms with van der Waals surface area (Å²) < 4.78 is 39.5. The number of carbonyl (C=O) groups excluding carboxylic acids is 1. The molecule has 1 unspecified atom stereocenters. The summed E-state index contributed by atoms with van der Waals surface area (Å²) in [6.45, 7) is 5.14. The maximum Gasteiger partial charge on any atom is 0.442 e. The molecule has 0 spiro atoms. The number of alkyl halides is 3. The van der Waals surface area contributed by atoms with Crippen molar-refractivity contribution in [1.82, 2.24) is 19.7 Å². The van der Waals surface area contributed by atoms with Crippen LogP contribution in [0.4, 0.5) is 13.2 Å². The zero-order valence-corrected chi connectivity index (χ0v) is 15.1. The van der Waals surface area contributed by atoms with E-state index in [-0.39, 0.29) is 23.5 Å². The Hall–Kier alpha value is -1.45. The quantitative estimate of drug-likeness (QED) is 0.821. The number of halogens is 3. The lowest BCUT2D eigenvalue weighted by Crippen LogP contribution is -2.37. The number of carbonyl (C=O) groups is 1. The maximum atomic E-state index is 12.4. The fourth-order valence-electron chi connectivity index (χ4n) is 2.72. The van der Waals surface area contributed by atoms with Gasteiger partial charge in [-0.1, -0.05) is 13.8 Å². The first-order chi connectivity index (χ1) is 11.7. The average molecular weight is 380 g/mol. The van der Waals surface area contributed by atoms with E-state index in [2.05, 4.69) is 24.3 Å². The van der Waals surface area contributed by atoms with Crippen LogP contribution in [0, 0.1) is 5.92 Å². The van der Waals surface area contributed by atoms with E-state index in [0.29, 0.717) is 44.1 Å². The third-order valence-electron chi connectivity index (χ3n) is 4.07. The van der Waals surface area contributed by atoms with Gasteiger partial charge in [0.05, 0.1) is 5.75 Å². The smallest absolute Gasteiger partial charge is 0.353 e. The van der Waals surface area contributed by atoms with Crippen LogP contribution in [0.2, 0.25) is 0 Å². The fourth-order valence-corrected chi connectivity index (χ4v) is 3.09. The van der Waals surface area contributed by atoms with Gasteiger partial charge in [0.2, 0.25) is 5.91 Å². The van der Waals surface area contributed by atoms with Crippen LogP contribution in [0.5, 0.6) is 0 Å². The van der Waals surface area contributed by atoms with Crippen LogP contribution in [-0.2, 0) is 24.3 Å². The summed E-state index contributed by atoms with van der Waals surface area (Å²) >= 11 is -0.346. The number of rotatable bonds is 6. The molecule has 1 atom stereocenters. The van der Waals surface area contributed by atoms with Crippen molar-refractivity contribution >= 4 is 17.7 Å². The normalized spacial score (nSPS) is 18.1. The standard InChI is InChI=1S/C15H23F3N4O2S/c1-10(2)5-8-22-14(24)21-7-6-11(3-4-12(21)20-22)19-13(23)9-25-15(16,17)18/h10-11H,3-9H2,1-2H3,(H,19,23). The number of thioether (sulfide) groups is 1. The molecule has 142 valence electrons. The van der Waals surface area contributed by atoms with Gasteiger partial charge in [-0.05, 0) is 36.9 Å². The first-order valence-corrected chi connectivity index (χ1v) is 9.31. The Morgan fingerprint density at radius 1 is 1.40 bits per heavy atom. The molecule has 10 heteroatoms. The second-order valence-corrected chi connectivity index (χ2v) is 7.62. The van der Waals surface area contributed by atoms with Crippen LogP contribution < -0.4 is 11.0 Å². The Balaban J connectivity index is 1.90. The predicted octanol–water partition coefficient (Wildman–Crippen LogP) is 2.17. The largest absolute Gasteiger partial charge is 0.442 e. The molecule has 2 rings (SSSR count). The lowest BCUT2D eigenvalue weighted by atomic mass is 10.1. The first-order valence-electron chi connectivity index (χ1n) is 8.32. The van der Waals surface area contributed by atoms with Gasteiger partial charge in [-0.15, -0.1) is 0 Å². The summed E-state index contributed by atoms with van der Waals surface area (Å²) in [4.78, 5) is 24.0. The van der Waals surface area contributed by atoms with E-state index in [0.717, 1.165) is 6.42 Å². The highest BCUT2D eigenvalue weighted by molar-refractivity contribution is 8.00. The van der Waals surface area contributed by atoms with Gasteiger partial charge in [-0.25, -0.2) is 9.48 Å². The molecule has 1 aliphatic heterocycles. The third-order valence-corrected chi connectivity index (χ3v) is 4.80. The SMILES string of the molecule is CC(C)CCn1nc2n(c1=O)CCC(NC(=O)CSC(F)(F)F)CC2. The molecular formula is C15H23F3N4O2S. The Bertz CT molecular complexity index is 654. The van der Waals surface area contributed by atoms with Crippen LogP contribution in [0.15, 0.2) is 4.79 Å². The van der Waals surface area contributed by atoms with Crippen molar-refractivity contribution in [2.45, 2.75) is 64.2 Å². The van der Waals surface area contributed by atoms with Crippen molar-refractivity contribution in [3.05, 3.63) is 16.3 Å². The number of fused-ring (bicyclic) bond motifs is 1. The molecule has 0 bridgehead atoms. The third kappa shape index (κ3) is 6.09. The van der Waals surface area contributed by atoms with E-state index in [4.69, 9.17) is 0 Å². The summed E-state index contributed by atoms with van der Waals surface area (Å²) in [6, 6.07) is -0.244. The average Bonchev–Trinajstić information content (AvgIpc) is 2.67. The lowest BCUT2D eigenvalue weighted by Gasteiger charge is -2.16. The predicted molar refractivity (Wildman–Crippen MR) is 89.3 cm³/mol. The molecule has 0 fully saturated rings. The second-order valence-electron chi connectivity index (χ2n) is 6.58. The summed E-state index contributed by atoms with van der Waals surface area (Å²) in [5, 5.41) is 6.99. The molecule has 0 radical (unpaired) electrons. The zero-order valence-electron chi connectivity index (χ0n) is 14.3. The number of hydrogen-bond donors (Lipinski definition) is 1. The molecule has 2 heterocycles. The Morgan fingerprint density at radius 3 is 2.76 bits per heavy atom. The fraction of sp³-hybridized carbons (Fsp3) is 0.800. The van der Waals surface area contributed by atoms with E-state index in [9.17, 15) is 22.8 Å². The zero-order chi connectivity index (χ0) is 18.6. The molecular weight excluding hydrogens is 357 g/mol. The van der Waals surface area contributed by atoms with Gasteiger partial charge in [-0.3, -0.25) is 9.36 Å². The van der Waals surface area contributed by atoms with Crippen LogP contribution in [0.25, 0.3) is 0 Å². The Kier molecular flexibility index (Phi) is 6.59. The van der Waals surface area contributed by atoms with Crippen LogP contribution in [-0.4, -0.2) is 37.6 Å². The van der Waals surface area contributed by atoms with Crippen molar-refractivity contribution in [3.8, 4) is 0 Å². The number of hydrogen-bond acceptors (Lipinski definition) is 4.